The smallest absolute Gasteiger partial charge is 0.184 e. The lowest BCUT2D eigenvalue weighted by atomic mass is 9.77. The van der Waals surface area contributed by atoms with Gasteiger partial charge in [0.15, 0.2) is 23.1 Å². The quantitative estimate of drug-likeness (QED) is 0.0578. The Morgan fingerprint density at radius 3 is 1.22 bits per heavy atom. The molecule has 0 saturated heterocycles. The van der Waals surface area contributed by atoms with E-state index in [2.05, 4.69) is 246 Å². The minimum atomic E-state index is -0.899. The highest BCUT2D eigenvalue weighted by Gasteiger charge is 2.44. The van der Waals surface area contributed by atoms with Crippen LogP contribution in [-0.4, -0.2) is 70.7 Å². The number of hydrogen-bond donors (Lipinski definition) is 1. The van der Waals surface area contributed by atoms with E-state index in [1.54, 1.807) is 0 Å². The third kappa shape index (κ3) is 12.7. The summed E-state index contributed by atoms with van der Waals surface area (Å²) in [7, 11) is 0. The number of rotatable bonds is 24. The third-order valence-corrected chi connectivity index (χ3v) is 18.4. The van der Waals surface area contributed by atoms with Crippen molar-refractivity contribution in [1.82, 2.24) is 50.7 Å². The van der Waals surface area contributed by atoms with Gasteiger partial charge in [-0.05, 0) is 114 Å². The zero-order valence-corrected chi connectivity index (χ0v) is 53.4. The summed E-state index contributed by atoms with van der Waals surface area (Å²) in [5.41, 5.74) is 13.9. The maximum absolute atomic E-state index is 6.85. The molecule has 1 saturated carbocycles. The Kier molecular flexibility index (Phi) is 18.4. The molecule has 10 aromatic carbocycles. The van der Waals surface area contributed by atoms with Crippen LogP contribution in [0.5, 0.6) is 11.5 Å². The summed E-state index contributed by atoms with van der Waals surface area (Å²) in [5, 5.41) is 32.0. The van der Waals surface area contributed by atoms with E-state index in [-0.39, 0.29) is 6.10 Å². The van der Waals surface area contributed by atoms with Crippen molar-refractivity contribution in [3.63, 3.8) is 0 Å². The highest BCUT2D eigenvalue weighted by molar-refractivity contribution is 5.82. The van der Waals surface area contributed by atoms with Crippen LogP contribution in [0.1, 0.15) is 88.0 Å². The maximum Gasteiger partial charge on any atom is 0.184 e. The molecule has 14 rings (SSSR count). The van der Waals surface area contributed by atoms with Gasteiger partial charge >= 0.3 is 0 Å². The van der Waals surface area contributed by atoms with Gasteiger partial charge in [-0.1, -0.05) is 298 Å². The molecule has 95 heavy (non-hydrogen) atoms. The van der Waals surface area contributed by atoms with E-state index in [0.29, 0.717) is 55.6 Å². The normalized spacial score (nSPS) is 13.1. The zero-order chi connectivity index (χ0) is 64.2. The van der Waals surface area contributed by atoms with E-state index in [1.165, 1.54) is 19.3 Å². The Balaban J connectivity index is 0.692. The van der Waals surface area contributed by atoms with Crippen LogP contribution in [-0.2, 0) is 29.0 Å². The van der Waals surface area contributed by atoms with Crippen molar-refractivity contribution in [2.75, 3.05) is 13.2 Å². The van der Waals surface area contributed by atoms with Crippen molar-refractivity contribution in [3.8, 4) is 56.5 Å². The van der Waals surface area contributed by atoms with Crippen molar-refractivity contribution < 1.29 is 14.2 Å². The Bertz CT molecular complexity index is 4410. The number of aromatic nitrogens is 9. The summed E-state index contributed by atoms with van der Waals surface area (Å²) in [6, 6.07) is 99.1. The van der Waals surface area contributed by atoms with Gasteiger partial charge in [0.1, 0.15) is 30.4 Å². The van der Waals surface area contributed by atoms with Crippen LogP contribution in [0.3, 0.4) is 0 Å². The summed E-state index contributed by atoms with van der Waals surface area (Å²) < 4.78 is 24.3. The first kappa shape index (κ1) is 61.5. The molecule has 13 heteroatoms. The van der Waals surface area contributed by atoms with Gasteiger partial charge in [-0.2, -0.15) is 0 Å². The first-order valence-electron chi connectivity index (χ1n) is 32.8. The predicted molar refractivity (Wildman–Crippen MR) is 374 cm³/mol. The number of nitrogens with one attached hydrogen (secondary N) is 1. The molecule has 0 radical (unpaired) electrons. The highest BCUT2D eigenvalue weighted by Crippen LogP contribution is 2.46. The average Bonchev–Trinajstić information content (AvgIpc) is 1.73. The molecule has 1 fully saturated rings. The van der Waals surface area contributed by atoms with Gasteiger partial charge in [0, 0.05) is 35.5 Å². The molecule has 0 aliphatic heterocycles. The minimum absolute atomic E-state index is 0.282. The Morgan fingerprint density at radius 1 is 0.432 bits per heavy atom. The lowest BCUT2D eigenvalue weighted by Gasteiger charge is -2.36. The number of tetrazole rings is 2. The largest absolute Gasteiger partial charge is 0.485 e. The molecule has 1 aliphatic rings. The molecule has 0 amide bonds. The van der Waals surface area contributed by atoms with E-state index >= 15 is 0 Å². The first-order valence-corrected chi connectivity index (χ1v) is 32.8. The van der Waals surface area contributed by atoms with Crippen molar-refractivity contribution in [2.45, 2.75) is 82.4 Å². The predicted octanol–water partition coefficient (Wildman–Crippen LogP) is 16.5. The molecule has 3 heterocycles. The second-order valence-electron chi connectivity index (χ2n) is 24.4. The number of pyridine rings is 1. The van der Waals surface area contributed by atoms with Gasteiger partial charge in [0.05, 0.1) is 12.3 Å². The second kappa shape index (κ2) is 28.5. The van der Waals surface area contributed by atoms with Crippen molar-refractivity contribution >= 4 is 0 Å². The van der Waals surface area contributed by atoms with Crippen LogP contribution < -0.4 is 14.8 Å². The third-order valence-electron chi connectivity index (χ3n) is 18.4. The number of nitrogens with zero attached hydrogens (tertiary/aromatic N) is 9. The molecule has 13 nitrogen and oxygen atoms in total. The van der Waals surface area contributed by atoms with Crippen LogP contribution in [0.4, 0.5) is 0 Å². The second-order valence-corrected chi connectivity index (χ2v) is 24.4. The number of benzene rings is 10. The molecular weight excluding hydrogens is 1170 g/mol. The molecule has 13 aromatic rings. The summed E-state index contributed by atoms with van der Waals surface area (Å²) >= 11 is 0. The molecule has 1 N–H and O–H groups in total. The molecule has 1 aliphatic carbocycles. The summed E-state index contributed by atoms with van der Waals surface area (Å²) in [6.45, 7) is 5.58. The number of hydrogen-bond acceptors (Lipinski definition) is 11. The lowest BCUT2D eigenvalue weighted by molar-refractivity contribution is 0.00712. The molecule has 470 valence electrons. The fourth-order valence-electron chi connectivity index (χ4n) is 13.8. The molecule has 1 unspecified atom stereocenters. The maximum atomic E-state index is 6.85. The number of ether oxygens (including phenoxy) is 3. The average molecular weight is 1250 g/mol. The van der Waals surface area contributed by atoms with E-state index in [1.807, 2.05) is 77.8 Å². The van der Waals surface area contributed by atoms with Crippen LogP contribution in [0.15, 0.2) is 285 Å². The Labute approximate surface area is 555 Å². The van der Waals surface area contributed by atoms with Crippen LogP contribution in [0.2, 0.25) is 0 Å². The highest BCUT2D eigenvalue weighted by atomic mass is 16.5. The monoisotopic (exact) mass is 1250 g/mol. The molecular formula is C82H74N10O3. The minimum Gasteiger partial charge on any atom is -0.485 e. The van der Waals surface area contributed by atoms with E-state index in [9.17, 15) is 0 Å². The van der Waals surface area contributed by atoms with Crippen LogP contribution in [0.25, 0.3) is 45.0 Å². The van der Waals surface area contributed by atoms with Gasteiger partial charge in [-0.25, -0.2) is 9.36 Å². The van der Waals surface area contributed by atoms with Gasteiger partial charge in [0.25, 0.3) is 0 Å². The van der Waals surface area contributed by atoms with E-state index < -0.39 is 11.1 Å². The Hall–Kier alpha value is -11.0. The summed E-state index contributed by atoms with van der Waals surface area (Å²) in [4.78, 5) is 4.85. The zero-order valence-electron chi connectivity index (χ0n) is 53.4. The Morgan fingerprint density at radius 2 is 0.811 bits per heavy atom. The van der Waals surface area contributed by atoms with Crippen molar-refractivity contribution in [2.24, 2.45) is 0 Å². The SMILES string of the molecule is Cc1cc(OCc2ccc(-c3ccccc3-c3nnnn3C(c3ccccc3)(c3ccccc3)c3ccccc3)cc2)c(OCC(CNC2CCCCC2)OCc2ccc(-c3ccccc3-c3nnnn3C(c3ccccc3)(c3ccccc3)c3ccccc3)cc2)c(C)n1. The molecule has 1 atom stereocenters. The molecule has 0 spiro atoms. The van der Waals surface area contributed by atoms with Gasteiger partial charge in [0.2, 0.25) is 0 Å². The van der Waals surface area contributed by atoms with Gasteiger partial charge < -0.3 is 19.5 Å². The van der Waals surface area contributed by atoms with Crippen molar-refractivity contribution in [3.05, 3.63) is 341 Å². The fourth-order valence-corrected chi connectivity index (χ4v) is 13.8. The standard InChI is InChI=1S/C82H74N10O3/c1-59-54-77(94-57-62-48-52-64(53-49-62)74-43-25-27-45-76(74)80-86-88-90-92(80)82(68-34-16-6-17-35-68,69-36-18-7-19-37-69)70-38-20-8-21-39-70)78(60(2)84-59)95-58-72(55-83-71-40-22-9-23-41-71)93-56-61-46-50-63(51-47-61)73-42-24-26-44-75(73)79-85-87-89-91(79)81(65-28-10-3-11-29-65,66-30-12-4-13-31-66)67-32-14-5-15-33-67/h3-8,10-21,24-39,42-54,71-72,83H,9,22-23,40-41,55-58H2,1-2H3. The van der Waals surface area contributed by atoms with Crippen molar-refractivity contribution in [1.29, 1.82) is 0 Å². The first-order chi connectivity index (χ1) is 46.9. The molecule has 3 aromatic heterocycles. The van der Waals surface area contributed by atoms with Gasteiger partial charge in [-0.3, -0.25) is 4.98 Å². The number of aryl methyl sites for hydroxylation is 2. The molecule has 0 bridgehead atoms. The van der Waals surface area contributed by atoms with E-state index in [0.717, 1.165) is 102 Å². The topological polar surface area (TPSA) is 140 Å². The van der Waals surface area contributed by atoms with Crippen LogP contribution >= 0.6 is 0 Å². The summed E-state index contributed by atoms with van der Waals surface area (Å²) in [6.07, 6.45) is 5.75. The van der Waals surface area contributed by atoms with Crippen LogP contribution in [0, 0.1) is 13.8 Å². The van der Waals surface area contributed by atoms with Gasteiger partial charge in [-0.15, -0.1) is 10.2 Å². The van der Waals surface area contributed by atoms with E-state index in [4.69, 9.17) is 39.8 Å². The lowest BCUT2D eigenvalue weighted by Crippen LogP contribution is -2.40. The summed E-state index contributed by atoms with van der Waals surface area (Å²) in [5.74, 6) is 2.51. The fraction of sp³-hybridized carbons (Fsp3) is 0.183.